The Balaban J connectivity index is 2.58. The number of nitrogens with zero attached hydrogens (tertiary/aromatic N) is 3. The van der Waals surface area contributed by atoms with Crippen LogP contribution < -0.4 is 5.73 Å². The summed E-state index contributed by atoms with van der Waals surface area (Å²) in [6, 6.07) is 6.57. The molecule has 108 valence electrons. The van der Waals surface area contributed by atoms with E-state index < -0.39 is 5.97 Å². The molecule has 0 aliphatic carbocycles. The highest BCUT2D eigenvalue weighted by Gasteiger charge is 2.23. The van der Waals surface area contributed by atoms with Gasteiger partial charge in [-0.2, -0.15) is 10.4 Å². The van der Waals surface area contributed by atoms with Crippen LogP contribution in [0.2, 0.25) is 10.0 Å². The summed E-state index contributed by atoms with van der Waals surface area (Å²) in [5.41, 5.74) is 6.17. The Hall–Kier alpha value is -2.23. The van der Waals surface area contributed by atoms with E-state index in [0.29, 0.717) is 15.7 Å². The van der Waals surface area contributed by atoms with Crippen molar-refractivity contribution in [3.05, 3.63) is 39.5 Å². The van der Waals surface area contributed by atoms with E-state index in [2.05, 4.69) is 5.10 Å². The monoisotopic (exact) mass is 324 g/mol. The second-order valence-electron chi connectivity index (χ2n) is 3.95. The van der Waals surface area contributed by atoms with Crippen molar-refractivity contribution < 1.29 is 9.53 Å². The first-order valence-corrected chi connectivity index (χ1v) is 6.66. The average molecular weight is 325 g/mol. The van der Waals surface area contributed by atoms with E-state index in [4.69, 9.17) is 38.9 Å². The number of halogens is 2. The number of ether oxygens (including phenoxy) is 1. The van der Waals surface area contributed by atoms with E-state index in [-0.39, 0.29) is 23.7 Å². The molecule has 0 radical (unpaired) electrons. The zero-order chi connectivity index (χ0) is 15.6. The third kappa shape index (κ3) is 2.79. The van der Waals surface area contributed by atoms with Gasteiger partial charge in [-0.05, 0) is 25.1 Å². The number of hydrogen-bond donors (Lipinski definition) is 1. The molecule has 0 bridgehead atoms. The standard InChI is InChI=1S/C13H10Cl2N4O2/c1-2-21-13(20)11-8(6-16)12(17)19(18-11)7-3-4-9(14)10(15)5-7/h3-5H,2,17H2,1H3. The molecule has 1 aromatic carbocycles. The van der Waals surface area contributed by atoms with E-state index in [1.807, 2.05) is 6.07 Å². The number of hydrogen-bond acceptors (Lipinski definition) is 5. The van der Waals surface area contributed by atoms with Gasteiger partial charge in [0.1, 0.15) is 17.5 Å². The summed E-state index contributed by atoms with van der Waals surface area (Å²) in [7, 11) is 0. The molecule has 8 heteroatoms. The molecule has 0 aliphatic heterocycles. The number of esters is 1. The molecule has 2 rings (SSSR count). The Morgan fingerprint density at radius 2 is 2.19 bits per heavy atom. The Morgan fingerprint density at radius 1 is 1.48 bits per heavy atom. The van der Waals surface area contributed by atoms with E-state index >= 15 is 0 Å². The number of benzene rings is 1. The number of nitriles is 1. The molecule has 0 saturated carbocycles. The Kier molecular flexibility index (Phi) is 4.36. The van der Waals surface area contributed by atoms with Crippen LogP contribution in [0.15, 0.2) is 18.2 Å². The van der Waals surface area contributed by atoms with Crippen molar-refractivity contribution in [3.8, 4) is 11.8 Å². The maximum atomic E-state index is 11.8. The third-order valence-electron chi connectivity index (χ3n) is 2.65. The summed E-state index contributed by atoms with van der Waals surface area (Å²) in [4.78, 5) is 11.8. The van der Waals surface area contributed by atoms with Crippen LogP contribution in [0.1, 0.15) is 23.0 Å². The maximum absolute atomic E-state index is 11.8. The van der Waals surface area contributed by atoms with Crippen LogP contribution in [0.5, 0.6) is 0 Å². The van der Waals surface area contributed by atoms with Crippen LogP contribution in [0.3, 0.4) is 0 Å². The van der Waals surface area contributed by atoms with Crippen molar-refractivity contribution in [3.63, 3.8) is 0 Å². The summed E-state index contributed by atoms with van der Waals surface area (Å²) < 4.78 is 6.09. The largest absolute Gasteiger partial charge is 0.461 e. The van der Waals surface area contributed by atoms with Crippen molar-refractivity contribution >= 4 is 35.0 Å². The van der Waals surface area contributed by atoms with Crippen molar-refractivity contribution in [2.75, 3.05) is 12.3 Å². The van der Waals surface area contributed by atoms with Crippen LogP contribution in [-0.4, -0.2) is 22.4 Å². The SMILES string of the molecule is CCOC(=O)c1nn(-c2ccc(Cl)c(Cl)c2)c(N)c1C#N. The van der Waals surface area contributed by atoms with Gasteiger partial charge < -0.3 is 10.5 Å². The maximum Gasteiger partial charge on any atom is 0.360 e. The molecule has 0 amide bonds. The normalized spacial score (nSPS) is 10.2. The number of anilines is 1. The molecule has 0 atom stereocenters. The second-order valence-corrected chi connectivity index (χ2v) is 4.77. The molecule has 0 aliphatic rings. The van der Waals surface area contributed by atoms with E-state index in [9.17, 15) is 4.79 Å². The molecule has 0 spiro atoms. The fourth-order valence-corrected chi connectivity index (χ4v) is 1.99. The van der Waals surface area contributed by atoms with Gasteiger partial charge in [-0.1, -0.05) is 23.2 Å². The lowest BCUT2D eigenvalue weighted by atomic mass is 10.2. The van der Waals surface area contributed by atoms with E-state index in [1.165, 1.54) is 10.7 Å². The zero-order valence-electron chi connectivity index (χ0n) is 10.9. The minimum Gasteiger partial charge on any atom is -0.461 e. The average Bonchev–Trinajstić information content (AvgIpc) is 2.79. The first-order valence-electron chi connectivity index (χ1n) is 5.90. The molecule has 0 saturated heterocycles. The molecule has 1 aromatic heterocycles. The number of aromatic nitrogens is 2. The van der Waals surface area contributed by atoms with Gasteiger partial charge in [0.05, 0.1) is 22.3 Å². The molecule has 2 aromatic rings. The number of nitrogen functional groups attached to an aromatic ring is 1. The van der Waals surface area contributed by atoms with E-state index in [0.717, 1.165) is 0 Å². The van der Waals surface area contributed by atoms with Crippen LogP contribution in [0.25, 0.3) is 5.69 Å². The van der Waals surface area contributed by atoms with Gasteiger partial charge in [0.15, 0.2) is 5.69 Å². The quantitative estimate of drug-likeness (QED) is 0.876. The first-order chi connectivity index (χ1) is 9.99. The Labute approximate surface area is 130 Å². The molecule has 1 heterocycles. The predicted octanol–water partition coefficient (Wildman–Crippen LogP) is 2.81. The van der Waals surface area contributed by atoms with Crippen LogP contribution in [-0.2, 0) is 4.74 Å². The minimum atomic E-state index is -0.709. The molecule has 6 nitrogen and oxygen atoms in total. The lowest BCUT2D eigenvalue weighted by Crippen LogP contribution is -2.08. The van der Waals surface area contributed by atoms with Gasteiger partial charge in [-0.25, -0.2) is 9.48 Å². The molecular formula is C13H10Cl2N4O2. The molecular weight excluding hydrogens is 315 g/mol. The molecule has 2 N–H and O–H groups in total. The van der Waals surface area contributed by atoms with E-state index in [1.54, 1.807) is 19.1 Å². The van der Waals surface area contributed by atoms with Crippen LogP contribution >= 0.6 is 23.2 Å². The molecule has 0 unspecified atom stereocenters. The smallest absolute Gasteiger partial charge is 0.360 e. The predicted molar refractivity (Wildman–Crippen MR) is 78.7 cm³/mol. The number of carbonyl (C=O) groups excluding carboxylic acids is 1. The fourth-order valence-electron chi connectivity index (χ4n) is 1.70. The summed E-state index contributed by atoms with van der Waals surface area (Å²) in [6.07, 6.45) is 0. The summed E-state index contributed by atoms with van der Waals surface area (Å²) in [6.45, 7) is 1.83. The third-order valence-corrected chi connectivity index (χ3v) is 3.39. The number of nitrogens with two attached hydrogens (primary N) is 1. The van der Waals surface area contributed by atoms with Crippen molar-refractivity contribution in [2.24, 2.45) is 0 Å². The summed E-state index contributed by atoms with van der Waals surface area (Å²) in [5.74, 6) is -0.682. The fraction of sp³-hybridized carbons (Fsp3) is 0.154. The van der Waals surface area contributed by atoms with Gasteiger partial charge in [-0.3, -0.25) is 0 Å². The minimum absolute atomic E-state index is 0.0268. The van der Waals surface area contributed by atoms with Crippen LogP contribution in [0, 0.1) is 11.3 Å². The van der Waals surface area contributed by atoms with Gasteiger partial charge >= 0.3 is 5.97 Å². The topological polar surface area (TPSA) is 93.9 Å². The highest BCUT2D eigenvalue weighted by Crippen LogP contribution is 2.27. The van der Waals surface area contributed by atoms with Crippen molar-refractivity contribution in [1.29, 1.82) is 5.26 Å². The number of rotatable bonds is 3. The highest BCUT2D eigenvalue weighted by molar-refractivity contribution is 6.42. The van der Waals surface area contributed by atoms with Crippen molar-refractivity contribution in [2.45, 2.75) is 6.92 Å². The Morgan fingerprint density at radius 3 is 2.76 bits per heavy atom. The molecule has 21 heavy (non-hydrogen) atoms. The molecule has 0 fully saturated rings. The number of carbonyl (C=O) groups is 1. The lowest BCUT2D eigenvalue weighted by Gasteiger charge is -2.05. The second kappa shape index (κ2) is 6.04. The first kappa shape index (κ1) is 15.2. The summed E-state index contributed by atoms with van der Waals surface area (Å²) in [5, 5.41) is 13.8. The van der Waals surface area contributed by atoms with Gasteiger partial charge in [0.25, 0.3) is 0 Å². The highest BCUT2D eigenvalue weighted by atomic mass is 35.5. The zero-order valence-corrected chi connectivity index (χ0v) is 12.4. The van der Waals surface area contributed by atoms with Crippen molar-refractivity contribution in [1.82, 2.24) is 9.78 Å². The van der Waals surface area contributed by atoms with Gasteiger partial charge in [-0.15, -0.1) is 0 Å². The van der Waals surface area contributed by atoms with Crippen LogP contribution in [0.4, 0.5) is 5.82 Å². The Bertz CT molecular complexity index is 749. The lowest BCUT2D eigenvalue weighted by molar-refractivity contribution is 0.0518. The van der Waals surface area contributed by atoms with Gasteiger partial charge in [0, 0.05) is 0 Å². The summed E-state index contributed by atoms with van der Waals surface area (Å²) >= 11 is 11.8. The van der Waals surface area contributed by atoms with Gasteiger partial charge in [0.2, 0.25) is 0 Å².